The second-order valence-electron chi connectivity index (χ2n) is 3.89. The molecule has 0 radical (unpaired) electrons. The van der Waals surface area contributed by atoms with Gasteiger partial charge in [-0.2, -0.15) is 0 Å². The topological polar surface area (TPSA) is 66.3 Å². The second kappa shape index (κ2) is 5.03. The van der Waals surface area contributed by atoms with Crippen molar-refractivity contribution in [3.05, 3.63) is 24.3 Å². The fraction of sp³-hybridized carbons (Fsp3) is 0.545. The number of likely N-dealkylation sites (tertiary alicyclic amines) is 1. The van der Waals surface area contributed by atoms with Gasteiger partial charge in [-0.1, -0.05) is 0 Å². The van der Waals surface area contributed by atoms with Gasteiger partial charge in [0.05, 0.1) is 17.9 Å². The molecule has 16 heavy (non-hydrogen) atoms. The summed E-state index contributed by atoms with van der Waals surface area (Å²) in [6.07, 6.45) is 7.90. The first kappa shape index (κ1) is 11.0. The minimum Gasteiger partial charge on any atom is -0.387 e. The van der Waals surface area contributed by atoms with Crippen molar-refractivity contribution in [2.75, 3.05) is 13.2 Å². The molecule has 1 aromatic heterocycles. The summed E-state index contributed by atoms with van der Waals surface area (Å²) in [6, 6.07) is -0.0258. The van der Waals surface area contributed by atoms with Crippen LogP contribution in [0.5, 0.6) is 0 Å². The van der Waals surface area contributed by atoms with Crippen LogP contribution in [0.4, 0.5) is 0 Å². The Labute approximate surface area is 94.1 Å². The van der Waals surface area contributed by atoms with Gasteiger partial charge in [0.1, 0.15) is 6.61 Å². The Bertz CT molecular complexity index is 356. The van der Waals surface area contributed by atoms with Crippen molar-refractivity contribution in [1.82, 2.24) is 14.9 Å². The summed E-state index contributed by atoms with van der Waals surface area (Å²) < 4.78 is 0. The first-order valence-corrected chi connectivity index (χ1v) is 5.49. The summed E-state index contributed by atoms with van der Waals surface area (Å²) in [5.74, 6) is -0.227. The maximum atomic E-state index is 11.6. The third kappa shape index (κ3) is 2.19. The highest BCUT2D eigenvalue weighted by Gasteiger charge is 2.28. The molecular formula is C11H15N3O2. The average molecular weight is 221 g/mol. The molecule has 1 amide bonds. The lowest BCUT2D eigenvalue weighted by Gasteiger charge is -2.34. The van der Waals surface area contributed by atoms with Crippen molar-refractivity contribution < 1.29 is 9.90 Å². The number of rotatable bonds is 2. The Morgan fingerprint density at radius 2 is 2.38 bits per heavy atom. The summed E-state index contributed by atoms with van der Waals surface area (Å²) in [6.45, 7) is 0.261. The second-order valence-corrected chi connectivity index (χ2v) is 3.89. The molecule has 5 heteroatoms. The number of carbonyl (C=O) groups excluding carboxylic acids is 1. The summed E-state index contributed by atoms with van der Waals surface area (Å²) in [5.41, 5.74) is 0.809. The number of aliphatic hydroxyl groups is 1. The number of carbonyl (C=O) groups is 1. The van der Waals surface area contributed by atoms with Gasteiger partial charge in [-0.25, -0.2) is 0 Å². The van der Waals surface area contributed by atoms with E-state index in [9.17, 15) is 4.79 Å². The molecule has 1 aliphatic rings. The van der Waals surface area contributed by atoms with Gasteiger partial charge in [-0.3, -0.25) is 14.8 Å². The number of hydrogen-bond donors (Lipinski definition) is 1. The molecule has 0 bridgehead atoms. The molecule has 0 spiro atoms. The lowest BCUT2D eigenvalue weighted by molar-refractivity contribution is -0.138. The van der Waals surface area contributed by atoms with E-state index in [1.165, 1.54) is 0 Å². The van der Waals surface area contributed by atoms with Crippen LogP contribution in [0.3, 0.4) is 0 Å². The van der Waals surface area contributed by atoms with E-state index in [1.807, 2.05) is 0 Å². The van der Waals surface area contributed by atoms with Crippen LogP contribution in [0.25, 0.3) is 0 Å². The van der Waals surface area contributed by atoms with Crippen molar-refractivity contribution >= 4 is 5.91 Å². The molecule has 1 N–H and O–H groups in total. The molecule has 1 fully saturated rings. The molecule has 5 nitrogen and oxygen atoms in total. The number of piperidine rings is 1. The molecule has 2 heterocycles. The van der Waals surface area contributed by atoms with Gasteiger partial charge in [0.25, 0.3) is 0 Å². The average Bonchev–Trinajstić information content (AvgIpc) is 2.39. The van der Waals surface area contributed by atoms with Gasteiger partial charge in [-0.15, -0.1) is 0 Å². The first-order chi connectivity index (χ1) is 7.83. The van der Waals surface area contributed by atoms with E-state index in [1.54, 1.807) is 23.5 Å². The largest absolute Gasteiger partial charge is 0.387 e. The smallest absolute Gasteiger partial charge is 0.248 e. The van der Waals surface area contributed by atoms with Crippen LogP contribution in [0.15, 0.2) is 18.6 Å². The fourth-order valence-corrected chi connectivity index (χ4v) is 2.11. The lowest BCUT2D eigenvalue weighted by atomic mass is 9.99. The molecular weight excluding hydrogens is 206 g/mol. The van der Waals surface area contributed by atoms with E-state index in [0.717, 1.165) is 25.0 Å². The third-order valence-electron chi connectivity index (χ3n) is 2.88. The van der Waals surface area contributed by atoms with E-state index >= 15 is 0 Å². The molecule has 1 aliphatic heterocycles. The maximum Gasteiger partial charge on any atom is 0.248 e. The molecule has 0 unspecified atom stereocenters. The number of nitrogens with zero attached hydrogens (tertiary/aromatic N) is 3. The van der Waals surface area contributed by atoms with Gasteiger partial charge in [-0.05, 0) is 19.3 Å². The number of amides is 1. The minimum atomic E-state index is -0.434. The highest BCUT2D eigenvalue weighted by molar-refractivity contribution is 5.77. The predicted octanol–water partition coefficient (Wildman–Crippen LogP) is 0.522. The Balaban J connectivity index is 2.20. The van der Waals surface area contributed by atoms with Crippen molar-refractivity contribution in [2.24, 2.45) is 0 Å². The molecule has 1 atom stereocenters. The van der Waals surface area contributed by atoms with E-state index in [2.05, 4.69) is 9.97 Å². The summed E-state index contributed by atoms with van der Waals surface area (Å²) >= 11 is 0. The molecule has 2 rings (SSSR count). The van der Waals surface area contributed by atoms with Gasteiger partial charge in [0.15, 0.2) is 0 Å². The van der Waals surface area contributed by atoms with Crippen LogP contribution in [0.2, 0.25) is 0 Å². The SMILES string of the molecule is O=C(CO)N1CCCC[C@@H]1c1cnccn1. The summed E-state index contributed by atoms with van der Waals surface area (Å²) in [4.78, 5) is 21.5. The van der Waals surface area contributed by atoms with Crippen LogP contribution in [0.1, 0.15) is 31.0 Å². The van der Waals surface area contributed by atoms with Crippen LogP contribution < -0.4 is 0 Å². The Morgan fingerprint density at radius 3 is 3.06 bits per heavy atom. The maximum absolute atomic E-state index is 11.6. The number of hydrogen-bond acceptors (Lipinski definition) is 4. The van der Waals surface area contributed by atoms with Crippen LogP contribution in [-0.4, -0.2) is 39.0 Å². The zero-order chi connectivity index (χ0) is 11.4. The highest BCUT2D eigenvalue weighted by Crippen LogP contribution is 2.28. The number of aromatic nitrogens is 2. The minimum absolute atomic E-state index is 0.0258. The van der Waals surface area contributed by atoms with Crippen molar-refractivity contribution in [3.8, 4) is 0 Å². The highest BCUT2D eigenvalue weighted by atomic mass is 16.3. The third-order valence-corrected chi connectivity index (χ3v) is 2.88. The van der Waals surface area contributed by atoms with Crippen LogP contribution in [-0.2, 0) is 4.79 Å². The summed E-state index contributed by atoms with van der Waals surface area (Å²) in [7, 11) is 0. The molecule has 0 aromatic carbocycles. The standard InChI is InChI=1S/C11H15N3O2/c15-8-11(16)14-6-2-1-3-10(14)9-7-12-4-5-13-9/h4-5,7,10,15H,1-3,6,8H2/t10-/m1/s1. The quantitative estimate of drug-likeness (QED) is 0.790. The monoisotopic (exact) mass is 221 g/mol. The van der Waals surface area contributed by atoms with Gasteiger partial charge < -0.3 is 10.0 Å². The lowest BCUT2D eigenvalue weighted by Crippen LogP contribution is -2.40. The predicted molar refractivity (Wildman–Crippen MR) is 57.4 cm³/mol. The van der Waals surface area contributed by atoms with Crippen molar-refractivity contribution in [2.45, 2.75) is 25.3 Å². The molecule has 86 valence electrons. The Morgan fingerprint density at radius 1 is 1.50 bits per heavy atom. The summed E-state index contributed by atoms with van der Waals surface area (Å²) in [5, 5.41) is 8.92. The first-order valence-electron chi connectivity index (χ1n) is 5.49. The van der Waals surface area contributed by atoms with E-state index in [0.29, 0.717) is 6.54 Å². The fourth-order valence-electron chi connectivity index (χ4n) is 2.11. The Hall–Kier alpha value is -1.49. The van der Waals surface area contributed by atoms with E-state index in [4.69, 9.17) is 5.11 Å². The molecule has 0 aliphatic carbocycles. The van der Waals surface area contributed by atoms with Gasteiger partial charge >= 0.3 is 0 Å². The van der Waals surface area contributed by atoms with Crippen molar-refractivity contribution in [3.63, 3.8) is 0 Å². The Kier molecular flexibility index (Phi) is 3.46. The molecule has 0 saturated carbocycles. The van der Waals surface area contributed by atoms with Gasteiger partial charge in [0.2, 0.25) is 5.91 Å². The van der Waals surface area contributed by atoms with Gasteiger partial charge in [0, 0.05) is 18.9 Å². The van der Waals surface area contributed by atoms with E-state index in [-0.39, 0.29) is 11.9 Å². The molecule has 1 saturated heterocycles. The zero-order valence-corrected chi connectivity index (χ0v) is 9.04. The van der Waals surface area contributed by atoms with Crippen LogP contribution in [0, 0.1) is 0 Å². The van der Waals surface area contributed by atoms with Crippen LogP contribution >= 0.6 is 0 Å². The van der Waals surface area contributed by atoms with Crippen molar-refractivity contribution in [1.29, 1.82) is 0 Å². The number of aliphatic hydroxyl groups excluding tert-OH is 1. The van der Waals surface area contributed by atoms with E-state index < -0.39 is 6.61 Å². The normalized spacial score (nSPS) is 20.8. The molecule has 1 aromatic rings. The zero-order valence-electron chi connectivity index (χ0n) is 9.04.